The molecule has 1 heterocycles. The van der Waals surface area contributed by atoms with Crippen LogP contribution in [0.15, 0.2) is 60.7 Å². The molecule has 0 aromatic heterocycles. The van der Waals surface area contributed by atoms with Crippen LogP contribution < -0.4 is 0 Å². The predicted octanol–water partition coefficient (Wildman–Crippen LogP) is 7.69. The van der Waals surface area contributed by atoms with E-state index in [1.165, 1.54) is 49.0 Å². The van der Waals surface area contributed by atoms with Crippen molar-refractivity contribution in [2.75, 3.05) is 0 Å². The summed E-state index contributed by atoms with van der Waals surface area (Å²) in [5.41, 5.74) is 0.362. The zero-order valence-electron chi connectivity index (χ0n) is 18.0. The molecule has 2 aliphatic rings. The Balaban J connectivity index is 1.66. The van der Waals surface area contributed by atoms with Crippen molar-refractivity contribution in [1.29, 1.82) is 5.26 Å². The molecule has 159 valence electrons. The molecule has 1 radical (unpaired) electrons. The highest BCUT2D eigenvalue weighted by atomic mass is 28.3. The number of benzene rings is 2. The van der Waals surface area contributed by atoms with Gasteiger partial charge in [-0.25, -0.2) is 8.78 Å². The van der Waals surface area contributed by atoms with E-state index >= 15 is 4.39 Å². The molecule has 1 aliphatic heterocycles. The molecule has 1 unspecified atom stereocenters. The van der Waals surface area contributed by atoms with E-state index in [0.717, 1.165) is 0 Å². The summed E-state index contributed by atoms with van der Waals surface area (Å²) >= 11 is 0. The van der Waals surface area contributed by atoms with Crippen molar-refractivity contribution in [3.63, 3.8) is 0 Å². The van der Waals surface area contributed by atoms with Crippen LogP contribution in [0.2, 0.25) is 18.1 Å². The molecule has 31 heavy (non-hydrogen) atoms. The van der Waals surface area contributed by atoms with Gasteiger partial charge in [0.05, 0.1) is 5.56 Å². The molecule has 0 N–H and O–H groups in total. The van der Waals surface area contributed by atoms with Crippen molar-refractivity contribution in [3.05, 3.63) is 88.8 Å². The SMILES string of the molecule is CCC[Si]1CCC(c2cccc(C3(F)CC=CC=C3c3cccc(C#N)c3F)c2)CC1. The number of nitriles is 1. The van der Waals surface area contributed by atoms with Crippen molar-refractivity contribution >= 4 is 14.4 Å². The van der Waals surface area contributed by atoms with Gasteiger partial charge in [-0.1, -0.05) is 86.1 Å². The lowest BCUT2D eigenvalue weighted by atomic mass is 9.77. The standard InChI is InChI=1S/C27H28F2NSi/c1-2-15-31-16-12-20(13-17-31)21-7-5-9-23(18-21)27(29)14-4-3-11-25(27)24-10-6-8-22(19-30)26(24)28/h3-11,18,20H,2,12-17H2,1H3. The predicted molar refractivity (Wildman–Crippen MR) is 125 cm³/mol. The maximum Gasteiger partial charge on any atom is 0.165 e. The summed E-state index contributed by atoms with van der Waals surface area (Å²) in [6.45, 7) is 2.27. The zero-order chi connectivity index (χ0) is 21.8. The second-order valence-corrected chi connectivity index (χ2v) is 11.7. The quantitative estimate of drug-likeness (QED) is 0.444. The summed E-state index contributed by atoms with van der Waals surface area (Å²) in [5.74, 6) is -0.165. The van der Waals surface area contributed by atoms with Crippen LogP contribution in [0.25, 0.3) is 5.57 Å². The van der Waals surface area contributed by atoms with Crippen molar-refractivity contribution in [2.24, 2.45) is 0 Å². The van der Waals surface area contributed by atoms with Crippen molar-refractivity contribution in [2.45, 2.75) is 62.3 Å². The summed E-state index contributed by atoms with van der Waals surface area (Å²) in [7, 11) is -0.196. The Kier molecular flexibility index (Phi) is 6.53. The lowest BCUT2D eigenvalue weighted by molar-refractivity contribution is 0.248. The third-order valence-corrected chi connectivity index (χ3v) is 9.94. The van der Waals surface area contributed by atoms with Gasteiger partial charge in [-0.15, -0.1) is 0 Å². The van der Waals surface area contributed by atoms with Gasteiger partial charge >= 0.3 is 0 Å². The molecule has 4 heteroatoms. The van der Waals surface area contributed by atoms with Gasteiger partial charge in [0.1, 0.15) is 11.9 Å². The number of halogens is 2. The lowest BCUT2D eigenvalue weighted by Gasteiger charge is -2.32. The number of allylic oxidation sites excluding steroid dienone is 4. The Morgan fingerprint density at radius 1 is 1.16 bits per heavy atom. The Labute approximate surface area is 185 Å². The Hall–Kier alpha value is -2.51. The van der Waals surface area contributed by atoms with Crippen LogP contribution >= 0.6 is 0 Å². The molecule has 1 aliphatic carbocycles. The third kappa shape index (κ3) is 4.29. The van der Waals surface area contributed by atoms with Gasteiger partial charge in [-0.05, 0) is 36.0 Å². The maximum atomic E-state index is 16.6. The van der Waals surface area contributed by atoms with Gasteiger partial charge in [0.15, 0.2) is 5.67 Å². The van der Waals surface area contributed by atoms with Crippen LogP contribution in [-0.2, 0) is 5.67 Å². The molecule has 1 atom stereocenters. The minimum absolute atomic E-state index is 0.0593. The zero-order valence-corrected chi connectivity index (χ0v) is 19.0. The molecule has 0 saturated carbocycles. The topological polar surface area (TPSA) is 23.8 Å². The highest BCUT2D eigenvalue weighted by molar-refractivity contribution is 6.59. The summed E-state index contributed by atoms with van der Waals surface area (Å²) in [6, 6.07) is 18.4. The van der Waals surface area contributed by atoms with E-state index in [1.807, 2.05) is 24.3 Å². The molecule has 0 bridgehead atoms. The highest BCUT2D eigenvalue weighted by Gasteiger charge is 2.39. The first-order valence-electron chi connectivity index (χ1n) is 11.3. The van der Waals surface area contributed by atoms with E-state index in [0.29, 0.717) is 17.1 Å². The van der Waals surface area contributed by atoms with Gasteiger partial charge in [-0.3, -0.25) is 0 Å². The average molecular weight is 433 g/mol. The van der Waals surface area contributed by atoms with Crippen molar-refractivity contribution < 1.29 is 8.78 Å². The largest absolute Gasteiger partial charge is 0.233 e. The van der Waals surface area contributed by atoms with E-state index in [4.69, 9.17) is 0 Å². The lowest BCUT2D eigenvalue weighted by Crippen LogP contribution is -2.25. The fourth-order valence-corrected chi connectivity index (χ4v) is 8.01. The van der Waals surface area contributed by atoms with Crippen LogP contribution in [0.3, 0.4) is 0 Å². The second kappa shape index (κ2) is 9.32. The monoisotopic (exact) mass is 432 g/mol. The van der Waals surface area contributed by atoms with E-state index < -0.39 is 11.5 Å². The molecular formula is C27H28F2NSi. The van der Waals surface area contributed by atoms with Crippen LogP contribution in [0.1, 0.15) is 60.8 Å². The van der Waals surface area contributed by atoms with Crippen molar-refractivity contribution in [3.8, 4) is 6.07 Å². The smallest absolute Gasteiger partial charge is 0.165 e. The van der Waals surface area contributed by atoms with Crippen LogP contribution in [0.5, 0.6) is 0 Å². The van der Waals surface area contributed by atoms with E-state index in [-0.39, 0.29) is 26.3 Å². The number of nitrogens with zero attached hydrogens (tertiary/aromatic N) is 1. The minimum Gasteiger partial charge on any atom is -0.233 e. The average Bonchev–Trinajstić information content (AvgIpc) is 2.81. The van der Waals surface area contributed by atoms with E-state index in [1.54, 1.807) is 30.4 Å². The minimum atomic E-state index is -1.81. The van der Waals surface area contributed by atoms with Gasteiger partial charge in [0, 0.05) is 26.4 Å². The fourth-order valence-electron chi connectivity index (χ4n) is 5.04. The van der Waals surface area contributed by atoms with E-state index in [2.05, 4.69) is 13.0 Å². The molecule has 2 aromatic carbocycles. The first-order chi connectivity index (χ1) is 15.1. The number of alkyl halides is 1. The van der Waals surface area contributed by atoms with Crippen LogP contribution in [0.4, 0.5) is 8.78 Å². The normalized spacial score (nSPS) is 22.2. The first kappa shape index (κ1) is 21.7. The van der Waals surface area contributed by atoms with Gasteiger partial charge in [-0.2, -0.15) is 5.26 Å². The maximum absolute atomic E-state index is 16.6. The molecule has 1 fully saturated rings. The number of rotatable bonds is 5. The highest BCUT2D eigenvalue weighted by Crippen LogP contribution is 2.47. The molecule has 2 aromatic rings. The van der Waals surface area contributed by atoms with Crippen molar-refractivity contribution in [1.82, 2.24) is 0 Å². The second-order valence-electron chi connectivity index (χ2n) is 8.69. The first-order valence-corrected chi connectivity index (χ1v) is 13.4. The third-order valence-electron chi connectivity index (χ3n) is 6.75. The summed E-state index contributed by atoms with van der Waals surface area (Å²) < 4.78 is 31.6. The Bertz CT molecular complexity index is 1040. The summed E-state index contributed by atoms with van der Waals surface area (Å²) in [5, 5.41) is 9.21. The Morgan fingerprint density at radius 2 is 1.94 bits per heavy atom. The molecular weight excluding hydrogens is 404 g/mol. The van der Waals surface area contributed by atoms with Gasteiger partial charge in [0.2, 0.25) is 0 Å². The molecule has 0 spiro atoms. The molecule has 0 amide bonds. The molecule has 1 nitrogen and oxygen atoms in total. The van der Waals surface area contributed by atoms with Crippen LogP contribution in [0, 0.1) is 17.1 Å². The van der Waals surface area contributed by atoms with E-state index in [9.17, 15) is 9.65 Å². The number of hydrogen-bond donors (Lipinski definition) is 0. The number of hydrogen-bond acceptors (Lipinski definition) is 1. The van der Waals surface area contributed by atoms with Gasteiger partial charge < -0.3 is 0 Å². The molecule has 1 saturated heterocycles. The molecule has 4 rings (SSSR count). The van der Waals surface area contributed by atoms with Gasteiger partial charge in [0.25, 0.3) is 0 Å². The Morgan fingerprint density at radius 3 is 2.68 bits per heavy atom. The summed E-state index contributed by atoms with van der Waals surface area (Å²) in [6.07, 6.45) is 9.04. The summed E-state index contributed by atoms with van der Waals surface area (Å²) in [4.78, 5) is 0. The van der Waals surface area contributed by atoms with Crippen LogP contribution in [-0.4, -0.2) is 8.80 Å². The fraction of sp³-hybridized carbons (Fsp3) is 0.370.